The number of amides is 3. The zero-order chi connectivity index (χ0) is 20.9. The van der Waals surface area contributed by atoms with Crippen molar-refractivity contribution in [3.63, 3.8) is 0 Å². The molecule has 9 heteroatoms. The van der Waals surface area contributed by atoms with Gasteiger partial charge >= 0.3 is 6.18 Å². The Labute approximate surface area is 161 Å². The predicted molar refractivity (Wildman–Crippen MR) is 96.3 cm³/mol. The normalized spacial score (nSPS) is 15.1. The first-order chi connectivity index (χ1) is 13.1. The van der Waals surface area contributed by atoms with E-state index < -0.39 is 17.6 Å². The van der Waals surface area contributed by atoms with Gasteiger partial charge in [0.15, 0.2) is 0 Å². The van der Waals surface area contributed by atoms with E-state index in [-0.39, 0.29) is 43.1 Å². The molecule has 1 aromatic carbocycles. The summed E-state index contributed by atoms with van der Waals surface area (Å²) in [5.41, 5.74) is -1.33. The quantitative estimate of drug-likeness (QED) is 0.774. The molecule has 6 nitrogen and oxygen atoms in total. The molecule has 0 unspecified atom stereocenters. The van der Waals surface area contributed by atoms with E-state index in [9.17, 15) is 27.6 Å². The number of piperidine rings is 1. The lowest BCUT2D eigenvalue weighted by molar-refractivity contribution is -0.138. The van der Waals surface area contributed by atoms with Gasteiger partial charge in [-0.3, -0.25) is 14.4 Å². The molecule has 1 fully saturated rings. The number of alkyl halides is 3. The van der Waals surface area contributed by atoms with E-state index in [1.54, 1.807) is 0 Å². The molecule has 1 aromatic rings. The van der Waals surface area contributed by atoms with Crippen molar-refractivity contribution in [2.75, 3.05) is 26.7 Å². The van der Waals surface area contributed by atoms with E-state index in [2.05, 4.69) is 11.9 Å². The number of rotatable bonds is 5. The van der Waals surface area contributed by atoms with Crippen molar-refractivity contribution >= 4 is 17.7 Å². The van der Waals surface area contributed by atoms with Crippen LogP contribution in [0.1, 0.15) is 28.8 Å². The van der Waals surface area contributed by atoms with E-state index in [0.717, 1.165) is 12.1 Å². The van der Waals surface area contributed by atoms with Crippen LogP contribution in [0.2, 0.25) is 0 Å². The fraction of sp³-hybridized carbons (Fsp3) is 0.421. The number of benzene rings is 1. The minimum atomic E-state index is -4.60. The number of halogens is 3. The molecule has 3 amide bonds. The molecule has 0 spiro atoms. The number of hydrogen-bond acceptors (Lipinski definition) is 3. The van der Waals surface area contributed by atoms with Crippen LogP contribution in [0.3, 0.4) is 0 Å². The minimum Gasteiger partial charge on any atom is -0.352 e. The van der Waals surface area contributed by atoms with Crippen molar-refractivity contribution in [1.82, 2.24) is 15.1 Å². The topological polar surface area (TPSA) is 69.7 Å². The summed E-state index contributed by atoms with van der Waals surface area (Å²) in [7, 11) is 1.48. The Morgan fingerprint density at radius 2 is 1.86 bits per heavy atom. The third-order valence-electron chi connectivity index (χ3n) is 4.54. The van der Waals surface area contributed by atoms with Gasteiger partial charge in [0.05, 0.1) is 17.7 Å². The summed E-state index contributed by atoms with van der Waals surface area (Å²) in [6.45, 7) is 3.69. The maximum atomic E-state index is 13.1. The molecule has 152 valence electrons. The summed E-state index contributed by atoms with van der Waals surface area (Å²) in [4.78, 5) is 38.5. The van der Waals surface area contributed by atoms with Crippen LogP contribution in [0.25, 0.3) is 0 Å². The molecule has 0 saturated carbocycles. The van der Waals surface area contributed by atoms with Gasteiger partial charge in [-0.1, -0.05) is 18.7 Å². The first kappa shape index (κ1) is 21.5. The molecule has 0 aromatic heterocycles. The molecule has 1 heterocycles. The largest absolute Gasteiger partial charge is 0.417 e. The van der Waals surface area contributed by atoms with Crippen molar-refractivity contribution in [3.05, 3.63) is 48.0 Å². The van der Waals surface area contributed by atoms with Gasteiger partial charge in [-0.05, 0) is 31.1 Å². The van der Waals surface area contributed by atoms with E-state index in [4.69, 9.17) is 0 Å². The summed E-state index contributed by atoms with van der Waals surface area (Å²) in [5.74, 6) is -1.39. The molecule has 1 aliphatic rings. The van der Waals surface area contributed by atoms with Crippen LogP contribution in [0.5, 0.6) is 0 Å². The van der Waals surface area contributed by atoms with Gasteiger partial charge in [-0.15, -0.1) is 0 Å². The van der Waals surface area contributed by atoms with Gasteiger partial charge in [-0.25, -0.2) is 0 Å². The van der Waals surface area contributed by atoms with Crippen molar-refractivity contribution in [3.8, 4) is 0 Å². The molecular weight excluding hydrogens is 375 g/mol. The maximum absolute atomic E-state index is 13.1. The lowest BCUT2D eigenvalue weighted by atomic mass is 10.0. The lowest BCUT2D eigenvalue weighted by Crippen LogP contribution is -2.49. The highest BCUT2D eigenvalue weighted by atomic mass is 19.4. The zero-order valence-corrected chi connectivity index (χ0v) is 15.5. The summed E-state index contributed by atoms with van der Waals surface area (Å²) < 4.78 is 39.3. The Balaban J connectivity index is 1.92. The van der Waals surface area contributed by atoms with Crippen LogP contribution < -0.4 is 5.32 Å². The van der Waals surface area contributed by atoms with Crippen molar-refractivity contribution in [2.45, 2.75) is 25.1 Å². The lowest BCUT2D eigenvalue weighted by Gasteiger charge is -2.33. The number of nitrogens with one attached hydrogen (secondary N) is 1. The van der Waals surface area contributed by atoms with Gasteiger partial charge in [0.2, 0.25) is 11.8 Å². The van der Waals surface area contributed by atoms with Gasteiger partial charge in [-0.2, -0.15) is 13.2 Å². The summed E-state index contributed by atoms with van der Waals surface area (Å²) in [6.07, 6.45) is -2.65. The van der Waals surface area contributed by atoms with Crippen molar-refractivity contribution in [1.29, 1.82) is 0 Å². The van der Waals surface area contributed by atoms with Crippen molar-refractivity contribution in [2.24, 2.45) is 0 Å². The highest BCUT2D eigenvalue weighted by molar-refractivity contribution is 5.96. The third-order valence-corrected chi connectivity index (χ3v) is 4.54. The molecule has 2 rings (SSSR count). The Kier molecular flexibility index (Phi) is 6.82. The van der Waals surface area contributed by atoms with Crippen LogP contribution in [-0.2, 0) is 15.8 Å². The first-order valence-corrected chi connectivity index (χ1v) is 8.76. The second kappa shape index (κ2) is 8.90. The van der Waals surface area contributed by atoms with Crippen LogP contribution in [0.4, 0.5) is 13.2 Å². The predicted octanol–water partition coefficient (Wildman–Crippen LogP) is 2.07. The van der Waals surface area contributed by atoms with Gasteiger partial charge in [0, 0.05) is 26.2 Å². The van der Waals surface area contributed by atoms with Crippen LogP contribution in [0.15, 0.2) is 36.9 Å². The average molecular weight is 397 g/mol. The number of hydrogen-bond donors (Lipinski definition) is 1. The van der Waals surface area contributed by atoms with Crippen LogP contribution >= 0.6 is 0 Å². The molecule has 0 radical (unpaired) electrons. The van der Waals surface area contributed by atoms with Gasteiger partial charge < -0.3 is 15.1 Å². The monoisotopic (exact) mass is 397 g/mol. The second-order valence-corrected chi connectivity index (χ2v) is 6.58. The average Bonchev–Trinajstić information content (AvgIpc) is 2.66. The SMILES string of the molecule is C=CC(=O)N(C)CC(=O)NC1CCN(C(=O)c2ccccc2C(F)(F)F)CC1. The Morgan fingerprint density at radius 1 is 1.25 bits per heavy atom. The maximum Gasteiger partial charge on any atom is 0.417 e. The summed E-state index contributed by atoms with van der Waals surface area (Å²) >= 11 is 0. The Hall–Kier alpha value is -2.84. The fourth-order valence-corrected chi connectivity index (χ4v) is 3.04. The van der Waals surface area contributed by atoms with Crippen LogP contribution in [0, 0.1) is 0 Å². The number of carbonyl (C=O) groups excluding carboxylic acids is 3. The Morgan fingerprint density at radius 3 is 2.43 bits per heavy atom. The summed E-state index contributed by atoms with van der Waals surface area (Å²) in [5, 5.41) is 2.78. The smallest absolute Gasteiger partial charge is 0.352 e. The fourth-order valence-electron chi connectivity index (χ4n) is 3.04. The molecule has 28 heavy (non-hydrogen) atoms. The highest BCUT2D eigenvalue weighted by Crippen LogP contribution is 2.32. The highest BCUT2D eigenvalue weighted by Gasteiger charge is 2.36. The Bertz CT molecular complexity index is 756. The van der Waals surface area contributed by atoms with E-state index in [0.29, 0.717) is 12.8 Å². The standard InChI is InChI=1S/C19H22F3N3O3/c1-3-17(27)24(2)12-16(26)23-13-8-10-25(11-9-13)18(28)14-6-4-5-7-15(14)19(20,21)22/h3-7,13H,1,8-12H2,2H3,(H,23,26). The molecule has 0 atom stereocenters. The van der Waals surface area contributed by atoms with E-state index in [1.807, 2.05) is 0 Å². The molecular formula is C19H22F3N3O3. The van der Waals surface area contributed by atoms with Crippen molar-refractivity contribution < 1.29 is 27.6 Å². The van der Waals surface area contributed by atoms with E-state index >= 15 is 0 Å². The third kappa shape index (κ3) is 5.34. The first-order valence-electron chi connectivity index (χ1n) is 8.76. The number of likely N-dealkylation sites (tertiary alicyclic amines) is 1. The van der Waals surface area contributed by atoms with Crippen LogP contribution in [-0.4, -0.2) is 60.2 Å². The van der Waals surface area contributed by atoms with E-state index in [1.165, 1.54) is 35.0 Å². The molecule has 1 aliphatic heterocycles. The molecule has 0 bridgehead atoms. The number of nitrogens with zero attached hydrogens (tertiary/aromatic N) is 2. The molecule has 1 N–H and O–H groups in total. The zero-order valence-electron chi connectivity index (χ0n) is 15.5. The molecule has 0 aliphatic carbocycles. The number of carbonyl (C=O) groups is 3. The second-order valence-electron chi connectivity index (χ2n) is 6.58. The van der Waals surface area contributed by atoms with Gasteiger partial charge in [0.25, 0.3) is 5.91 Å². The minimum absolute atomic E-state index is 0.122. The van der Waals surface area contributed by atoms with Gasteiger partial charge in [0.1, 0.15) is 0 Å². The molecule has 1 saturated heterocycles. The summed E-state index contributed by atoms with van der Waals surface area (Å²) in [6, 6.07) is 4.50. The number of likely N-dealkylation sites (N-methyl/N-ethyl adjacent to an activating group) is 1.